The number of carbonyl (C=O) groups is 1. The van der Waals surface area contributed by atoms with Crippen LogP contribution in [0, 0.1) is 0 Å². The highest BCUT2D eigenvalue weighted by atomic mass is 32.2. The number of nitrogens with two attached hydrogens (primary N) is 1. The minimum absolute atomic E-state index is 0.0868. The van der Waals surface area contributed by atoms with Gasteiger partial charge in [0.1, 0.15) is 0 Å². The minimum atomic E-state index is -4.03. The Kier molecular flexibility index (Phi) is 13.7. The first-order valence-electron chi connectivity index (χ1n) is 19.7. The number of nitrogens with one attached hydrogen (secondary N) is 2. The number of nitrogens with zero attached hydrogens (tertiary/aromatic N) is 7. The number of anilines is 1. The highest BCUT2D eigenvalue weighted by Crippen LogP contribution is 2.40. The zero-order valence-corrected chi connectivity index (χ0v) is 35.4. The van der Waals surface area contributed by atoms with Crippen molar-refractivity contribution in [1.82, 2.24) is 33.6 Å². The van der Waals surface area contributed by atoms with Crippen LogP contribution in [0.25, 0.3) is 0 Å². The summed E-state index contributed by atoms with van der Waals surface area (Å²) in [5.74, 6) is 0. The van der Waals surface area contributed by atoms with E-state index < -0.39 is 26.1 Å². The molecule has 0 unspecified atom stereocenters. The van der Waals surface area contributed by atoms with Crippen LogP contribution in [0.2, 0.25) is 0 Å². The van der Waals surface area contributed by atoms with E-state index >= 15 is 0 Å². The molecule has 312 valence electrons. The normalized spacial score (nSPS) is 15.1. The molecule has 2 aromatic carbocycles. The third-order valence-electron chi connectivity index (χ3n) is 10.9. The number of likely N-dealkylation sites (N-methyl/N-ethyl adjacent to an activating group) is 2. The number of carbonyl (C=O) groups excluding carboxylic acids is 2. The molecule has 16 nitrogen and oxygen atoms in total. The first kappa shape index (κ1) is 42.9. The van der Waals surface area contributed by atoms with E-state index in [9.17, 15) is 26.4 Å². The Bertz CT molecular complexity index is 2350. The van der Waals surface area contributed by atoms with Crippen LogP contribution in [0.1, 0.15) is 70.2 Å². The Morgan fingerprint density at radius 3 is 1.59 bits per heavy atom. The topological polar surface area (TPSA) is 207 Å². The summed E-state index contributed by atoms with van der Waals surface area (Å²) in [6.07, 6.45) is 20.4. The summed E-state index contributed by atoms with van der Waals surface area (Å²) in [5, 5.41) is 7.51. The lowest BCUT2D eigenvalue weighted by Gasteiger charge is -2.16. The van der Waals surface area contributed by atoms with E-state index in [1.54, 1.807) is 15.2 Å². The second-order valence-electron chi connectivity index (χ2n) is 15.8. The zero-order valence-electron chi connectivity index (χ0n) is 33.8. The molecule has 0 fully saturated rings. The van der Waals surface area contributed by atoms with E-state index in [2.05, 4.69) is 37.1 Å². The van der Waals surface area contributed by atoms with Crippen LogP contribution in [-0.2, 0) is 89.3 Å². The maximum Gasteiger partial charge on any atom is 0.333 e. The zero-order chi connectivity index (χ0) is 41.6. The van der Waals surface area contributed by atoms with Crippen LogP contribution in [-0.4, -0.2) is 99.1 Å². The standard InChI is InChI=1S/C20H27N5O3S.C13H13NO.C7H14N4O2S/c1-24(2)9-10-25-12-18(21-13-25)29(27,28)23-20(26)22-19-16-7-3-5-14(16)11-15-6-4-8-17(15)19;15-8-14-13-11-5-1-3-9(11)7-10-4-2-6-12(10)13;1-10(2)3-4-11-5-7(9-6-11)14(8,12)13/h11-13H,3-10H2,1-2H3,(H2,22,23,26);7H,1-6H2;5-6H,3-4H2,1-2H3,(H2,8,12,13). The molecule has 58 heavy (non-hydrogen) atoms. The van der Waals surface area contributed by atoms with E-state index in [4.69, 9.17) is 5.14 Å². The summed E-state index contributed by atoms with van der Waals surface area (Å²) in [5.41, 5.74) is 12.1. The van der Waals surface area contributed by atoms with Gasteiger partial charge in [-0.2, -0.15) is 13.4 Å². The molecule has 18 heteroatoms. The number of fused-ring (bicyclic) bond motifs is 4. The second kappa shape index (κ2) is 18.5. The molecule has 4 aliphatic rings. The maximum absolute atomic E-state index is 12.6. The highest BCUT2D eigenvalue weighted by Gasteiger charge is 2.27. The van der Waals surface area contributed by atoms with E-state index in [1.807, 2.05) is 38.0 Å². The van der Waals surface area contributed by atoms with Crippen molar-refractivity contribution >= 4 is 43.5 Å². The second-order valence-corrected chi connectivity index (χ2v) is 18.9. The molecule has 4 aliphatic carbocycles. The minimum Gasteiger partial charge on any atom is -0.335 e. The number of aliphatic imine (C=N–C) groups is 1. The van der Waals surface area contributed by atoms with Gasteiger partial charge in [0.05, 0.1) is 18.3 Å². The molecule has 0 bridgehead atoms. The monoisotopic (exact) mass is 834 g/mol. The number of imidazole rings is 2. The maximum atomic E-state index is 12.6. The molecule has 0 aliphatic heterocycles. The van der Waals surface area contributed by atoms with Gasteiger partial charge in [-0.1, -0.05) is 12.1 Å². The first-order chi connectivity index (χ1) is 27.6. The van der Waals surface area contributed by atoms with Gasteiger partial charge in [-0.05, 0) is 150 Å². The van der Waals surface area contributed by atoms with Crippen molar-refractivity contribution in [1.29, 1.82) is 0 Å². The predicted molar refractivity (Wildman–Crippen MR) is 221 cm³/mol. The van der Waals surface area contributed by atoms with E-state index in [0.717, 1.165) is 99.8 Å². The Morgan fingerprint density at radius 1 is 0.724 bits per heavy atom. The van der Waals surface area contributed by atoms with Gasteiger partial charge in [-0.15, -0.1) is 0 Å². The molecule has 2 heterocycles. The highest BCUT2D eigenvalue weighted by molar-refractivity contribution is 7.90. The number of isocyanates is 1. The summed E-state index contributed by atoms with van der Waals surface area (Å²) in [6.45, 7) is 2.88. The number of sulfonamides is 2. The quantitative estimate of drug-likeness (QED) is 0.148. The number of hydrogen-bond donors (Lipinski definition) is 3. The molecule has 0 radical (unpaired) electrons. The number of urea groups is 1. The van der Waals surface area contributed by atoms with Gasteiger partial charge < -0.3 is 24.3 Å². The fraction of sp³-hybridized carbons (Fsp3) is 0.500. The molecule has 2 aromatic heterocycles. The summed E-state index contributed by atoms with van der Waals surface area (Å²) in [4.78, 5) is 38.7. The van der Waals surface area contributed by atoms with E-state index in [1.165, 1.54) is 71.3 Å². The summed E-state index contributed by atoms with van der Waals surface area (Å²) in [6, 6.07) is 3.88. The van der Waals surface area contributed by atoms with Crippen molar-refractivity contribution in [3.63, 3.8) is 0 Å². The molecular formula is C40H54N10O6S2. The Labute approximate surface area is 341 Å². The fourth-order valence-corrected chi connectivity index (χ4v) is 9.42. The van der Waals surface area contributed by atoms with Gasteiger partial charge in [0, 0.05) is 44.3 Å². The van der Waals surface area contributed by atoms with Crippen molar-refractivity contribution in [2.24, 2.45) is 10.1 Å². The average Bonchev–Trinajstić information content (AvgIpc) is 4.00. The van der Waals surface area contributed by atoms with Crippen molar-refractivity contribution in [3.05, 3.63) is 81.7 Å². The molecule has 0 saturated heterocycles. The van der Waals surface area contributed by atoms with Crippen molar-refractivity contribution < 1.29 is 26.4 Å². The Balaban J connectivity index is 0.000000164. The van der Waals surface area contributed by atoms with Gasteiger partial charge in [0.15, 0.2) is 10.1 Å². The van der Waals surface area contributed by atoms with Crippen molar-refractivity contribution in [2.75, 3.05) is 46.6 Å². The lowest BCUT2D eigenvalue weighted by Crippen LogP contribution is -2.35. The lowest BCUT2D eigenvalue weighted by atomic mass is 9.99. The van der Waals surface area contributed by atoms with Gasteiger partial charge in [-0.25, -0.2) is 37.8 Å². The SMILES string of the molecule is CN(C)CCn1cnc(S(=O)(=O)NC(=O)Nc2c3c(cc4c2CCC4)CCC3)c1.CN(C)CCn1cnc(S(N)(=O)=O)c1.O=C=Nc1c2c(cc3c1CCC3)CCC2. The van der Waals surface area contributed by atoms with Crippen LogP contribution in [0.5, 0.6) is 0 Å². The summed E-state index contributed by atoms with van der Waals surface area (Å²) >= 11 is 0. The van der Waals surface area contributed by atoms with Crippen LogP contribution in [0.3, 0.4) is 0 Å². The first-order valence-corrected chi connectivity index (χ1v) is 22.8. The molecule has 4 aromatic rings. The smallest absolute Gasteiger partial charge is 0.333 e. The van der Waals surface area contributed by atoms with Gasteiger partial charge in [0.2, 0.25) is 6.08 Å². The van der Waals surface area contributed by atoms with E-state index in [-0.39, 0.29) is 10.1 Å². The number of hydrogen-bond acceptors (Lipinski definition) is 11. The number of aromatic nitrogens is 4. The van der Waals surface area contributed by atoms with Gasteiger partial charge in [0.25, 0.3) is 20.0 Å². The predicted octanol–water partition coefficient (Wildman–Crippen LogP) is 3.66. The lowest BCUT2D eigenvalue weighted by molar-refractivity contribution is 0.256. The molecule has 0 saturated carbocycles. The molecule has 0 atom stereocenters. The Morgan fingerprint density at radius 2 is 1.16 bits per heavy atom. The van der Waals surface area contributed by atoms with Gasteiger partial charge >= 0.3 is 6.03 Å². The third-order valence-corrected chi connectivity index (χ3v) is 12.9. The molecule has 0 spiro atoms. The number of rotatable bonds is 11. The van der Waals surface area contributed by atoms with Gasteiger partial charge in [-0.3, -0.25) is 0 Å². The number of benzene rings is 2. The van der Waals surface area contributed by atoms with Crippen LogP contribution in [0.15, 0.2) is 52.2 Å². The summed E-state index contributed by atoms with van der Waals surface area (Å²) in [7, 11) is 0.0688. The average molecular weight is 835 g/mol. The van der Waals surface area contributed by atoms with Crippen molar-refractivity contribution in [3.8, 4) is 0 Å². The van der Waals surface area contributed by atoms with Crippen LogP contribution in [0.4, 0.5) is 16.2 Å². The number of amides is 2. The summed E-state index contributed by atoms with van der Waals surface area (Å²) < 4.78 is 52.4. The number of aryl methyl sites for hydroxylation is 4. The molecular weight excluding hydrogens is 781 g/mol. The molecule has 8 rings (SSSR count). The van der Waals surface area contributed by atoms with Crippen molar-refractivity contribution in [2.45, 2.75) is 100 Å². The van der Waals surface area contributed by atoms with Crippen LogP contribution < -0.4 is 15.2 Å². The number of primary sulfonamides is 1. The van der Waals surface area contributed by atoms with E-state index in [0.29, 0.717) is 13.1 Å². The molecule has 4 N–H and O–H groups in total. The van der Waals surface area contributed by atoms with Crippen LogP contribution >= 0.6 is 0 Å². The molecule has 2 amide bonds. The largest absolute Gasteiger partial charge is 0.335 e. The fourth-order valence-electron chi connectivity index (χ4n) is 8.09. The Hall–Kier alpha value is -4.71. The third kappa shape index (κ3) is 10.5.